The van der Waals surface area contributed by atoms with Gasteiger partial charge in [-0.15, -0.1) is 0 Å². The number of halogens is 1. The van der Waals surface area contributed by atoms with Crippen molar-refractivity contribution in [2.45, 2.75) is 6.92 Å². The lowest BCUT2D eigenvalue weighted by Gasteiger charge is -2.07. The normalized spacial score (nSPS) is 10.0. The molecule has 2 rings (SSSR count). The average Bonchev–Trinajstić information content (AvgIpc) is 2.42. The Kier molecular flexibility index (Phi) is 4.42. The van der Waals surface area contributed by atoms with Crippen molar-refractivity contribution in [3.63, 3.8) is 0 Å². The highest BCUT2D eigenvalue weighted by Gasteiger charge is 2.07. The van der Waals surface area contributed by atoms with E-state index in [0.717, 1.165) is 0 Å². The number of esters is 1. The van der Waals surface area contributed by atoms with Gasteiger partial charge in [-0.25, -0.2) is 4.79 Å². The monoisotopic (exact) mass is 276 g/mol. The van der Waals surface area contributed by atoms with E-state index in [-0.39, 0.29) is 5.97 Å². The third kappa shape index (κ3) is 3.73. The molecule has 4 heteroatoms. The van der Waals surface area contributed by atoms with Crippen molar-refractivity contribution in [1.82, 2.24) is 0 Å². The molecule has 0 heterocycles. The van der Waals surface area contributed by atoms with Crippen LogP contribution in [0.25, 0.3) is 0 Å². The molecule has 98 valence electrons. The van der Waals surface area contributed by atoms with E-state index in [1.807, 2.05) is 0 Å². The zero-order valence-corrected chi connectivity index (χ0v) is 11.2. The first kappa shape index (κ1) is 13.4. The van der Waals surface area contributed by atoms with Gasteiger partial charge in [0.1, 0.15) is 11.5 Å². The van der Waals surface area contributed by atoms with Gasteiger partial charge in [-0.2, -0.15) is 0 Å². The number of carbonyl (C=O) groups is 1. The van der Waals surface area contributed by atoms with E-state index in [1.165, 1.54) is 0 Å². The SMILES string of the molecule is CCOC(=O)c1cccc(Oc2ccc(Cl)cc2)c1. The predicted molar refractivity (Wildman–Crippen MR) is 73.9 cm³/mol. The average molecular weight is 277 g/mol. The molecule has 2 aromatic carbocycles. The fraction of sp³-hybridized carbons (Fsp3) is 0.133. The molecule has 0 saturated heterocycles. The van der Waals surface area contributed by atoms with Gasteiger partial charge in [0, 0.05) is 5.02 Å². The highest BCUT2D eigenvalue weighted by atomic mass is 35.5. The Labute approximate surface area is 116 Å². The molecule has 3 nitrogen and oxygen atoms in total. The van der Waals surface area contributed by atoms with Gasteiger partial charge >= 0.3 is 5.97 Å². The molecule has 0 atom stereocenters. The molecule has 0 radical (unpaired) electrons. The Hall–Kier alpha value is -2.00. The van der Waals surface area contributed by atoms with Crippen LogP contribution in [0.2, 0.25) is 5.02 Å². The second kappa shape index (κ2) is 6.25. The molecule has 0 spiro atoms. The van der Waals surface area contributed by atoms with Gasteiger partial charge in [0.05, 0.1) is 12.2 Å². The van der Waals surface area contributed by atoms with Crippen LogP contribution in [0.5, 0.6) is 11.5 Å². The lowest BCUT2D eigenvalue weighted by molar-refractivity contribution is 0.0526. The van der Waals surface area contributed by atoms with Crippen LogP contribution < -0.4 is 4.74 Å². The van der Waals surface area contributed by atoms with Crippen molar-refractivity contribution in [2.75, 3.05) is 6.61 Å². The molecule has 0 saturated carbocycles. The molecule has 19 heavy (non-hydrogen) atoms. The van der Waals surface area contributed by atoms with Crippen LogP contribution in [0.3, 0.4) is 0 Å². The summed E-state index contributed by atoms with van der Waals surface area (Å²) in [5, 5.41) is 0.646. The van der Waals surface area contributed by atoms with E-state index < -0.39 is 0 Å². The zero-order chi connectivity index (χ0) is 13.7. The van der Waals surface area contributed by atoms with Crippen LogP contribution >= 0.6 is 11.6 Å². The minimum atomic E-state index is -0.357. The van der Waals surface area contributed by atoms with E-state index in [2.05, 4.69) is 0 Å². The summed E-state index contributed by atoms with van der Waals surface area (Å²) >= 11 is 5.80. The molecule has 0 N–H and O–H groups in total. The van der Waals surface area contributed by atoms with Crippen molar-refractivity contribution in [3.8, 4) is 11.5 Å². The number of hydrogen-bond acceptors (Lipinski definition) is 3. The summed E-state index contributed by atoms with van der Waals surface area (Å²) in [6, 6.07) is 13.9. The summed E-state index contributed by atoms with van der Waals surface area (Å²) < 4.78 is 10.6. The fourth-order valence-corrected chi connectivity index (χ4v) is 1.67. The van der Waals surface area contributed by atoms with Crippen LogP contribution in [-0.4, -0.2) is 12.6 Å². The summed E-state index contributed by atoms with van der Waals surface area (Å²) in [6.45, 7) is 2.12. The van der Waals surface area contributed by atoms with Gasteiger partial charge in [-0.05, 0) is 49.4 Å². The maximum atomic E-state index is 11.6. The molecule has 0 aliphatic carbocycles. The molecular weight excluding hydrogens is 264 g/mol. The largest absolute Gasteiger partial charge is 0.462 e. The lowest BCUT2D eigenvalue weighted by atomic mass is 10.2. The van der Waals surface area contributed by atoms with E-state index >= 15 is 0 Å². The first-order valence-corrected chi connectivity index (χ1v) is 6.27. The van der Waals surface area contributed by atoms with Crippen LogP contribution in [0.1, 0.15) is 17.3 Å². The summed E-state index contributed by atoms with van der Waals surface area (Å²) in [6.07, 6.45) is 0. The number of carbonyl (C=O) groups excluding carboxylic acids is 1. The lowest BCUT2D eigenvalue weighted by Crippen LogP contribution is -2.04. The second-order valence-electron chi connectivity index (χ2n) is 3.80. The van der Waals surface area contributed by atoms with E-state index in [9.17, 15) is 4.79 Å². The molecule has 0 aromatic heterocycles. The Bertz CT molecular complexity index is 564. The molecule has 0 fully saturated rings. The van der Waals surface area contributed by atoms with Crippen LogP contribution in [-0.2, 0) is 4.74 Å². The van der Waals surface area contributed by atoms with Crippen molar-refractivity contribution < 1.29 is 14.3 Å². The van der Waals surface area contributed by atoms with Crippen LogP contribution in [0.4, 0.5) is 0 Å². The van der Waals surface area contributed by atoms with Crippen molar-refractivity contribution >= 4 is 17.6 Å². The van der Waals surface area contributed by atoms with Crippen LogP contribution in [0.15, 0.2) is 48.5 Å². The number of hydrogen-bond donors (Lipinski definition) is 0. The highest BCUT2D eigenvalue weighted by molar-refractivity contribution is 6.30. The molecular formula is C15H13ClO3. The summed E-state index contributed by atoms with van der Waals surface area (Å²) in [5.74, 6) is 0.877. The zero-order valence-electron chi connectivity index (χ0n) is 10.4. The summed E-state index contributed by atoms with van der Waals surface area (Å²) in [4.78, 5) is 11.6. The number of rotatable bonds is 4. The number of ether oxygens (including phenoxy) is 2. The van der Waals surface area contributed by atoms with Crippen molar-refractivity contribution in [2.24, 2.45) is 0 Å². The van der Waals surface area contributed by atoms with Gasteiger partial charge in [0.2, 0.25) is 0 Å². The smallest absolute Gasteiger partial charge is 0.338 e. The maximum Gasteiger partial charge on any atom is 0.338 e. The molecule has 0 bridgehead atoms. The minimum absolute atomic E-state index is 0.348. The molecule has 0 aliphatic heterocycles. The van der Waals surface area contributed by atoms with E-state index in [1.54, 1.807) is 55.5 Å². The van der Waals surface area contributed by atoms with Gasteiger partial charge in [-0.1, -0.05) is 17.7 Å². The molecule has 0 aliphatic rings. The Morgan fingerprint density at radius 2 is 1.84 bits per heavy atom. The quantitative estimate of drug-likeness (QED) is 0.781. The van der Waals surface area contributed by atoms with E-state index in [4.69, 9.17) is 21.1 Å². The van der Waals surface area contributed by atoms with Crippen molar-refractivity contribution in [3.05, 3.63) is 59.1 Å². The number of benzene rings is 2. The predicted octanol–water partition coefficient (Wildman–Crippen LogP) is 4.31. The van der Waals surface area contributed by atoms with Gasteiger partial charge in [0.15, 0.2) is 0 Å². The minimum Gasteiger partial charge on any atom is -0.462 e. The van der Waals surface area contributed by atoms with Gasteiger partial charge < -0.3 is 9.47 Å². The highest BCUT2D eigenvalue weighted by Crippen LogP contribution is 2.23. The molecule has 0 amide bonds. The van der Waals surface area contributed by atoms with Crippen LogP contribution in [0, 0.1) is 0 Å². The molecule has 2 aromatic rings. The Balaban J connectivity index is 2.15. The molecule has 0 unspecified atom stereocenters. The van der Waals surface area contributed by atoms with Gasteiger partial charge in [-0.3, -0.25) is 0 Å². The fourth-order valence-electron chi connectivity index (χ4n) is 1.54. The van der Waals surface area contributed by atoms with E-state index in [0.29, 0.717) is 28.7 Å². The topological polar surface area (TPSA) is 35.5 Å². The third-order valence-corrected chi connectivity index (χ3v) is 2.65. The Morgan fingerprint density at radius 1 is 1.11 bits per heavy atom. The first-order chi connectivity index (χ1) is 9.19. The Morgan fingerprint density at radius 3 is 2.53 bits per heavy atom. The summed E-state index contributed by atoms with van der Waals surface area (Å²) in [7, 11) is 0. The van der Waals surface area contributed by atoms with Gasteiger partial charge in [0.25, 0.3) is 0 Å². The second-order valence-corrected chi connectivity index (χ2v) is 4.24. The van der Waals surface area contributed by atoms with Crippen molar-refractivity contribution in [1.29, 1.82) is 0 Å². The maximum absolute atomic E-state index is 11.6. The standard InChI is InChI=1S/C15H13ClO3/c1-2-18-15(17)11-4-3-5-14(10-11)19-13-8-6-12(16)7-9-13/h3-10H,2H2,1H3. The first-order valence-electron chi connectivity index (χ1n) is 5.89. The summed E-state index contributed by atoms with van der Waals surface area (Å²) in [5.41, 5.74) is 0.466. The third-order valence-electron chi connectivity index (χ3n) is 2.39.